The Bertz CT molecular complexity index is 860. The highest BCUT2D eigenvalue weighted by Crippen LogP contribution is 2.29. The van der Waals surface area contributed by atoms with E-state index in [2.05, 4.69) is 19.2 Å². The lowest BCUT2D eigenvalue weighted by molar-refractivity contribution is -0.139. The van der Waals surface area contributed by atoms with Crippen LogP contribution in [0.25, 0.3) is 0 Å². The molecule has 0 aliphatic heterocycles. The van der Waals surface area contributed by atoms with Gasteiger partial charge >= 0.3 is 5.97 Å². The molecular weight excluding hydrogens is 358 g/mol. The van der Waals surface area contributed by atoms with Gasteiger partial charge in [0, 0.05) is 5.69 Å². The minimum atomic E-state index is -1.04. The van der Waals surface area contributed by atoms with Gasteiger partial charge in [0.15, 0.2) is 12.7 Å². The van der Waals surface area contributed by atoms with E-state index in [0.29, 0.717) is 17.2 Å². The Morgan fingerprint density at radius 3 is 2.39 bits per heavy atom. The number of hydrogen-bond donors (Lipinski definition) is 2. The minimum Gasteiger partial charge on any atom is -0.482 e. The molecule has 150 valence electrons. The fourth-order valence-corrected chi connectivity index (χ4v) is 2.71. The molecule has 6 heteroatoms. The van der Waals surface area contributed by atoms with Crippen LogP contribution in [0.3, 0.4) is 0 Å². The van der Waals surface area contributed by atoms with Crippen molar-refractivity contribution >= 4 is 17.6 Å². The van der Waals surface area contributed by atoms with Crippen LogP contribution in [0.15, 0.2) is 36.4 Å². The van der Waals surface area contributed by atoms with E-state index < -0.39 is 18.7 Å². The van der Waals surface area contributed by atoms with Gasteiger partial charge in [-0.05, 0) is 67.6 Å². The number of rotatable bonds is 8. The Labute approximate surface area is 165 Å². The van der Waals surface area contributed by atoms with Crippen LogP contribution < -0.4 is 14.8 Å². The first-order valence-corrected chi connectivity index (χ1v) is 9.20. The van der Waals surface area contributed by atoms with Crippen molar-refractivity contribution in [3.63, 3.8) is 0 Å². The Morgan fingerprint density at radius 1 is 1.07 bits per heavy atom. The molecule has 0 bridgehead atoms. The third kappa shape index (κ3) is 5.74. The van der Waals surface area contributed by atoms with Crippen molar-refractivity contribution in [2.45, 2.75) is 46.6 Å². The van der Waals surface area contributed by atoms with Crippen LogP contribution in [0.5, 0.6) is 11.5 Å². The highest BCUT2D eigenvalue weighted by molar-refractivity contribution is 5.94. The molecule has 2 rings (SSSR count). The third-order valence-corrected chi connectivity index (χ3v) is 4.28. The van der Waals surface area contributed by atoms with Gasteiger partial charge in [-0.1, -0.05) is 26.0 Å². The predicted molar refractivity (Wildman–Crippen MR) is 108 cm³/mol. The first-order valence-electron chi connectivity index (χ1n) is 9.20. The number of carboxylic acid groups (broad SMARTS) is 1. The van der Waals surface area contributed by atoms with E-state index >= 15 is 0 Å². The summed E-state index contributed by atoms with van der Waals surface area (Å²) in [6, 6.07) is 11.0. The van der Waals surface area contributed by atoms with Gasteiger partial charge in [-0.2, -0.15) is 0 Å². The van der Waals surface area contributed by atoms with Crippen LogP contribution in [0.4, 0.5) is 5.69 Å². The number of anilines is 1. The number of benzene rings is 2. The maximum Gasteiger partial charge on any atom is 0.341 e. The summed E-state index contributed by atoms with van der Waals surface area (Å²) < 4.78 is 11.1. The molecule has 0 saturated carbocycles. The van der Waals surface area contributed by atoms with Crippen molar-refractivity contribution in [1.29, 1.82) is 0 Å². The van der Waals surface area contributed by atoms with E-state index in [9.17, 15) is 9.59 Å². The zero-order valence-electron chi connectivity index (χ0n) is 16.9. The third-order valence-electron chi connectivity index (χ3n) is 4.28. The molecule has 0 aromatic heterocycles. The highest BCUT2D eigenvalue weighted by Gasteiger charge is 2.18. The summed E-state index contributed by atoms with van der Waals surface area (Å²) in [7, 11) is 0. The first-order chi connectivity index (χ1) is 13.2. The van der Waals surface area contributed by atoms with Crippen molar-refractivity contribution in [2.75, 3.05) is 11.9 Å². The average molecular weight is 385 g/mol. The lowest BCUT2D eigenvalue weighted by Gasteiger charge is -2.20. The van der Waals surface area contributed by atoms with Crippen molar-refractivity contribution in [2.24, 2.45) is 0 Å². The average Bonchev–Trinajstić information content (AvgIpc) is 2.61. The van der Waals surface area contributed by atoms with Crippen molar-refractivity contribution in [3.05, 3.63) is 53.1 Å². The first kappa shape index (κ1) is 21.3. The normalized spacial score (nSPS) is 11.8. The van der Waals surface area contributed by atoms with Gasteiger partial charge in [-0.25, -0.2) is 4.79 Å². The van der Waals surface area contributed by atoms with E-state index in [-0.39, 0.29) is 11.8 Å². The zero-order chi connectivity index (χ0) is 20.8. The SMILES string of the molecule is Cc1ccc(C(C)C)c(OC(C)C(=O)Nc2ccc(OCC(=O)O)cc2C)c1. The van der Waals surface area contributed by atoms with Gasteiger partial charge in [0.05, 0.1) is 0 Å². The second-order valence-corrected chi connectivity index (χ2v) is 7.10. The summed E-state index contributed by atoms with van der Waals surface area (Å²) in [4.78, 5) is 23.2. The summed E-state index contributed by atoms with van der Waals surface area (Å²) in [6.07, 6.45) is -0.679. The van der Waals surface area contributed by atoms with Gasteiger partial charge in [0.2, 0.25) is 0 Å². The largest absolute Gasteiger partial charge is 0.482 e. The number of aliphatic carboxylic acids is 1. The molecule has 0 heterocycles. The van der Waals surface area contributed by atoms with Gasteiger partial charge in [-0.15, -0.1) is 0 Å². The van der Waals surface area contributed by atoms with Gasteiger partial charge in [0.1, 0.15) is 11.5 Å². The molecule has 28 heavy (non-hydrogen) atoms. The number of carboxylic acids is 1. The van der Waals surface area contributed by atoms with Crippen LogP contribution in [-0.2, 0) is 9.59 Å². The number of aryl methyl sites for hydroxylation is 2. The fraction of sp³-hybridized carbons (Fsp3) is 0.364. The van der Waals surface area contributed by atoms with Gasteiger partial charge in [0.25, 0.3) is 5.91 Å². The van der Waals surface area contributed by atoms with E-state index in [0.717, 1.165) is 16.7 Å². The van der Waals surface area contributed by atoms with Crippen LogP contribution in [0, 0.1) is 13.8 Å². The maximum atomic E-state index is 12.6. The monoisotopic (exact) mass is 385 g/mol. The maximum absolute atomic E-state index is 12.6. The number of hydrogen-bond acceptors (Lipinski definition) is 4. The Hall–Kier alpha value is -3.02. The van der Waals surface area contributed by atoms with Gasteiger partial charge < -0.3 is 19.9 Å². The molecule has 0 fully saturated rings. The second-order valence-electron chi connectivity index (χ2n) is 7.10. The van der Waals surface area contributed by atoms with E-state index in [1.165, 1.54) is 0 Å². The lowest BCUT2D eigenvalue weighted by Crippen LogP contribution is -2.30. The number of ether oxygens (including phenoxy) is 2. The Morgan fingerprint density at radius 2 is 1.79 bits per heavy atom. The van der Waals surface area contributed by atoms with Gasteiger partial charge in [-0.3, -0.25) is 4.79 Å². The number of carbonyl (C=O) groups is 2. The van der Waals surface area contributed by atoms with Crippen LogP contribution >= 0.6 is 0 Å². The minimum absolute atomic E-state index is 0.265. The summed E-state index contributed by atoms with van der Waals surface area (Å²) in [6.45, 7) is 9.26. The van der Waals surface area contributed by atoms with Crippen LogP contribution in [0.2, 0.25) is 0 Å². The number of carbonyl (C=O) groups excluding carboxylic acids is 1. The second kappa shape index (κ2) is 9.26. The number of nitrogens with one attached hydrogen (secondary N) is 1. The smallest absolute Gasteiger partial charge is 0.341 e. The molecule has 1 unspecified atom stereocenters. The zero-order valence-corrected chi connectivity index (χ0v) is 16.9. The molecule has 1 atom stereocenters. The van der Waals surface area contributed by atoms with Crippen LogP contribution in [0.1, 0.15) is 43.4 Å². The Balaban J connectivity index is 2.07. The van der Waals surface area contributed by atoms with Crippen molar-refractivity contribution in [1.82, 2.24) is 0 Å². The standard InChI is InChI=1S/C22H27NO5/c1-13(2)18-8-6-14(3)10-20(18)28-16(5)22(26)23-19-9-7-17(11-15(19)4)27-12-21(24)25/h6-11,13,16H,12H2,1-5H3,(H,23,26)(H,24,25). The summed E-state index contributed by atoms with van der Waals surface area (Å²) in [5.41, 5.74) is 3.51. The predicted octanol–water partition coefficient (Wildman–Crippen LogP) is 4.30. The van der Waals surface area contributed by atoms with Crippen molar-refractivity contribution < 1.29 is 24.2 Å². The molecule has 2 N–H and O–H groups in total. The lowest BCUT2D eigenvalue weighted by atomic mass is 10.0. The quantitative estimate of drug-likeness (QED) is 0.708. The summed E-state index contributed by atoms with van der Waals surface area (Å²) >= 11 is 0. The fourth-order valence-electron chi connectivity index (χ4n) is 2.71. The molecule has 0 saturated heterocycles. The molecule has 0 aliphatic rings. The molecule has 1 amide bonds. The van der Waals surface area contributed by atoms with E-state index in [4.69, 9.17) is 14.6 Å². The summed E-state index contributed by atoms with van der Waals surface area (Å²) in [5.74, 6) is 0.123. The summed E-state index contributed by atoms with van der Waals surface area (Å²) in [5, 5.41) is 11.5. The molecule has 6 nitrogen and oxygen atoms in total. The van der Waals surface area contributed by atoms with E-state index in [1.807, 2.05) is 32.0 Å². The molecule has 0 radical (unpaired) electrons. The molecule has 0 aliphatic carbocycles. The van der Waals surface area contributed by atoms with Crippen LogP contribution in [-0.4, -0.2) is 29.7 Å². The molecule has 0 spiro atoms. The van der Waals surface area contributed by atoms with E-state index in [1.54, 1.807) is 25.1 Å². The molecular formula is C22H27NO5. The molecule has 2 aromatic rings. The van der Waals surface area contributed by atoms with Crippen molar-refractivity contribution in [3.8, 4) is 11.5 Å². The topological polar surface area (TPSA) is 84.9 Å². The molecule has 2 aromatic carbocycles. The highest BCUT2D eigenvalue weighted by atomic mass is 16.5. The number of amides is 1. The Kier molecular flexibility index (Phi) is 7.04.